The zero-order valence-electron chi connectivity index (χ0n) is 12.4. The van der Waals surface area contributed by atoms with Gasteiger partial charge in [0.25, 0.3) is 5.56 Å². The van der Waals surface area contributed by atoms with Gasteiger partial charge in [-0.2, -0.15) is 0 Å². The van der Waals surface area contributed by atoms with E-state index < -0.39 is 11.2 Å². The molecule has 0 radical (unpaired) electrons. The molecule has 1 aliphatic rings. The smallest absolute Gasteiger partial charge is 0.331 e. The fraction of sp³-hybridized carbons (Fsp3) is 0.412. The number of aromatic amines is 1. The summed E-state index contributed by atoms with van der Waals surface area (Å²) in [6, 6.07) is 9.45. The molecule has 0 bridgehead atoms. The van der Waals surface area contributed by atoms with Crippen LogP contribution in [0.3, 0.4) is 0 Å². The molecular weight excluding hydrogens is 280 g/mol. The molecule has 0 unspecified atom stereocenters. The van der Waals surface area contributed by atoms with E-state index in [0.29, 0.717) is 6.42 Å². The predicted octanol–water partition coefficient (Wildman–Crippen LogP) is 2.34. The van der Waals surface area contributed by atoms with Crippen molar-refractivity contribution in [1.29, 1.82) is 0 Å². The average Bonchev–Trinajstić information content (AvgIpc) is 2.53. The Balaban J connectivity index is 2.03. The van der Waals surface area contributed by atoms with E-state index in [4.69, 9.17) is 0 Å². The second-order valence-corrected chi connectivity index (χ2v) is 5.89. The molecule has 0 spiro atoms. The Morgan fingerprint density at radius 3 is 2.45 bits per heavy atom. The van der Waals surface area contributed by atoms with Crippen LogP contribution in [0.5, 0.6) is 5.88 Å². The monoisotopic (exact) mass is 300 g/mol. The first-order chi connectivity index (χ1) is 10.7. The van der Waals surface area contributed by atoms with Crippen molar-refractivity contribution in [2.75, 3.05) is 0 Å². The molecule has 1 fully saturated rings. The van der Waals surface area contributed by atoms with Gasteiger partial charge in [-0.25, -0.2) is 4.79 Å². The standard InChI is InChI=1S/C17H20N2O3/c20-15-14(11-12-7-3-1-4-8-12)16(21)19(17(22)18-15)13-9-5-2-6-10-13/h1,3-4,7-8,13,21H,2,5-6,9-11H2,(H,18,20,22). The summed E-state index contributed by atoms with van der Waals surface area (Å²) in [6.45, 7) is 0. The Morgan fingerprint density at radius 1 is 1.09 bits per heavy atom. The summed E-state index contributed by atoms with van der Waals surface area (Å²) < 4.78 is 1.37. The van der Waals surface area contributed by atoms with Gasteiger partial charge in [0.2, 0.25) is 5.88 Å². The Labute approximate surface area is 128 Å². The number of aromatic hydroxyl groups is 1. The summed E-state index contributed by atoms with van der Waals surface area (Å²) in [4.78, 5) is 26.5. The first-order valence-corrected chi connectivity index (χ1v) is 7.77. The predicted molar refractivity (Wildman–Crippen MR) is 84.4 cm³/mol. The molecule has 0 saturated heterocycles. The first-order valence-electron chi connectivity index (χ1n) is 7.77. The average molecular weight is 300 g/mol. The van der Waals surface area contributed by atoms with Gasteiger partial charge in [-0.1, -0.05) is 49.6 Å². The van der Waals surface area contributed by atoms with E-state index in [9.17, 15) is 14.7 Å². The summed E-state index contributed by atoms with van der Waals surface area (Å²) in [5.41, 5.74) is 0.179. The quantitative estimate of drug-likeness (QED) is 0.913. The van der Waals surface area contributed by atoms with Crippen LogP contribution in [0.1, 0.15) is 49.3 Å². The molecular formula is C17H20N2O3. The number of benzene rings is 1. The van der Waals surface area contributed by atoms with Crippen LogP contribution in [-0.2, 0) is 6.42 Å². The van der Waals surface area contributed by atoms with Gasteiger partial charge in [0.1, 0.15) is 0 Å². The van der Waals surface area contributed by atoms with Gasteiger partial charge in [-0.3, -0.25) is 14.3 Å². The minimum Gasteiger partial charge on any atom is -0.494 e. The van der Waals surface area contributed by atoms with Crippen molar-refractivity contribution in [1.82, 2.24) is 9.55 Å². The number of rotatable bonds is 3. The lowest BCUT2D eigenvalue weighted by atomic mass is 9.95. The van der Waals surface area contributed by atoms with Gasteiger partial charge >= 0.3 is 5.69 Å². The molecule has 1 saturated carbocycles. The van der Waals surface area contributed by atoms with Crippen LogP contribution in [0.4, 0.5) is 0 Å². The van der Waals surface area contributed by atoms with Crippen LogP contribution >= 0.6 is 0 Å². The molecule has 5 heteroatoms. The molecule has 116 valence electrons. The second kappa shape index (κ2) is 6.22. The minimum absolute atomic E-state index is 0.0207. The van der Waals surface area contributed by atoms with E-state index in [-0.39, 0.29) is 17.5 Å². The molecule has 0 amide bonds. The van der Waals surface area contributed by atoms with Crippen molar-refractivity contribution in [3.8, 4) is 5.88 Å². The topological polar surface area (TPSA) is 75.1 Å². The highest BCUT2D eigenvalue weighted by molar-refractivity contribution is 5.30. The van der Waals surface area contributed by atoms with E-state index in [1.165, 1.54) is 4.57 Å². The number of aromatic nitrogens is 2. The number of nitrogens with one attached hydrogen (secondary N) is 1. The van der Waals surface area contributed by atoms with Crippen molar-refractivity contribution in [2.45, 2.75) is 44.6 Å². The van der Waals surface area contributed by atoms with Crippen LogP contribution < -0.4 is 11.2 Å². The summed E-state index contributed by atoms with van der Waals surface area (Å²) in [5, 5.41) is 10.5. The van der Waals surface area contributed by atoms with Crippen LogP contribution in [0, 0.1) is 0 Å². The molecule has 1 aromatic heterocycles. The fourth-order valence-electron chi connectivity index (χ4n) is 3.21. The molecule has 0 atom stereocenters. The number of hydrogen-bond acceptors (Lipinski definition) is 3. The van der Waals surface area contributed by atoms with E-state index >= 15 is 0 Å². The number of hydrogen-bond donors (Lipinski definition) is 2. The van der Waals surface area contributed by atoms with Crippen molar-refractivity contribution in [3.05, 3.63) is 62.3 Å². The van der Waals surface area contributed by atoms with Crippen molar-refractivity contribution < 1.29 is 5.11 Å². The van der Waals surface area contributed by atoms with Crippen LogP contribution in [0.2, 0.25) is 0 Å². The maximum atomic E-state index is 12.1. The lowest BCUT2D eigenvalue weighted by Gasteiger charge is -2.25. The zero-order valence-corrected chi connectivity index (χ0v) is 12.4. The molecule has 0 aliphatic heterocycles. The Bertz CT molecular complexity index is 756. The molecule has 1 aromatic carbocycles. The summed E-state index contributed by atoms with van der Waals surface area (Å²) in [7, 11) is 0. The van der Waals surface area contributed by atoms with Crippen molar-refractivity contribution in [3.63, 3.8) is 0 Å². The third-order valence-electron chi connectivity index (χ3n) is 4.38. The van der Waals surface area contributed by atoms with Gasteiger partial charge < -0.3 is 5.11 Å². The third-order valence-corrected chi connectivity index (χ3v) is 4.38. The van der Waals surface area contributed by atoms with Gasteiger partial charge in [0.15, 0.2) is 0 Å². The summed E-state index contributed by atoms with van der Waals surface area (Å²) in [5.74, 6) is -0.176. The van der Waals surface area contributed by atoms with Crippen molar-refractivity contribution in [2.24, 2.45) is 0 Å². The van der Waals surface area contributed by atoms with Crippen LogP contribution in [0.25, 0.3) is 0 Å². The first kappa shape index (κ1) is 14.6. The third kappa shape index (κ3) is 2.84. The molecule has 5 nitrogen and oxygen atoms in total. The molecule has 3 rings (SSSR count). The van der Waals surface area contributed by atoms with Crippen molar-refractivity contribution >= 4 is 0 Å². The number of H-pyrrole nitrogens is 1. The maximum Gasteiger partial charge on any atom is 0.331 e. The highest BCUT2D eigenvalue weighted by Gasteiger charge is 2.22. The Kier molecular flexibility index (Phi) is 4.13. The molecule has 1 heterocycles. The van der Waals surface area contributed by atoms with Gasteiger partial charge in [0.05, 0.1) is 5.56 Å². The zero-order chi connectivity index (χ0) is 15.5. The molecule has 2 aromatic rings. The molecule has 1 aliphatic carbocycles. The summed E-state index contributed by atoms with van der Waals surface area (Å²) >= 11 is 0. The van der Waals surface area contributed by atoms with Gasteiger partial charge in [0, 0.05) is 12.5 Å². The fourth-order valence-corrected chi connectivity index (χ4v) is 3.21. The van der Waals surface area contributed by atoms with E-state index in [1.54, 1.807) is 0 Å². The number of nitrogens with zero attached hydrogens (tertiary/aromatic N) is 1. The van der Waals surface area contributed by atoms with Crippen LogP contribution in [-0.4, -0.2) is 14.7 Å². The van der Waals surface area contributed by atoms with E-state index in [2.05, 4.69) is 4.98 Å². The van der Waals surface area contributed by atoms with Gasteiger partial charge in [-0.05, 0) is 18.4 Å². The Morgan fingerprint density at radius 2 is 1.77 bits per heavy atom. The molecule has 2 N–H and O–H groups in total. The lowest BCUT2D eigenvalue weighted by Crippen LogP contribution is -2.35. The maximum absolute atomic E-state index is 12.1. The second-order valence-electron chi connectivity index (χ2n) is 5.89. The van der Waals surface area contributed by atoms with Crippen LogP contribution in [0.15, 0.2) is 39.9 Å². The summed E-state index contributed by atoms with van der Waals surface area (Å²) in [6.07, 6.45) is 5.29. The van der Waals surface area contributed by atoms with E-state index in [0.717, 1.165) is 37.7 Å². The highest BCUT2D eigenvalue weighted by Crippen LogP contribution is 2.30. The normalized spacial score (nSPS) is 15.8. The largest absolute Gasteiger partial charge is 0.494 e. The Hall–Kier alpha value is -2.30. The SMILES string of the molecule is O=c1[nH]c(=O)n(C2CCCCC2)c(O)c1Cc1ccccc1. The highest BCUT2D eigenvalue weighted by atomic mass is 16.3. The van der Waals surface area contributed by atoms with Gasteiger partial charge in [-0.15, -0.1) is 0 Å². The van der Waals surface area contributed by atoms with E-state index in [1.807, 2.05) is 30.3 Å². The lowest BCUT2D eigenvalue weighted by molar-refractivity contribution is 0.296. The molecule has 22 heavy (non-hydrogen) atoms. The minimum atomic E-state index is -0.508.